The molecule has 3 N–H and O–H groups in total. The third kappa shape index (κ3) is 5.19. The van der Waals surface area contributed by atoms with E-state index in [1.807, 2.05) is 36.1 Å². The number of halogens is 1. The molecule has 1 fully saturated rings. The van der Waals surface area contributed by atoms with Gasteiger partial charge in [-0.1, -0.05) is 37.1 Å². The number of hydrogen-bond donors (Lipinski definition) is 3. The van der Waals surface area contributed by atoms with Crippen molar-refractivity contribution in [2.24, 2.45) is 5.41 Å². The van der Waals surface area contributed by atoms with Gasteiger partial charge in [-0.05, 0) is 43.5 Å². The minimum Gasteiger partial charge on any atom is -0.481 e. The molecule has 2 rings (SSSR count). The number of benzene rings is 1. The van der Waals surface area contributed by atoms with E-state index in [1.54, 1.807) is 0 Å². The lowest BCUT2D eigenvalue weighted by molar-refractivity contribution is -0.164. The number of β-amino-alcohol motifs (C(OH)–C–C–N with tert-alkyl or cyclic N) is 1. The number of carbonyl (C=O) groups is 2. The van der Waals surface area contributed by atoms with Crippen molar-refractivity contribution in [2.75, 3.05) is 26.2 Å². The molecule has 1 aliphatic rings. The van der Waals surface area contributed by atoms with Crippen molar-refractivity contribution in [1.82, 2.24) is 10.2 Å². The number of hydrogen-bond acceptors (Lipinski definition) is 4. The molecule has 2 atom stereocenters. The van der Waals surface area contributed by atoms with Crippen LogP contribution in [0.5, 0.6) is 0 Å². The minimum absolute atomic E-state index is 0.121. The lowest BCUT2D eigenvalue weighted by atomic mass is 9.73. The van der Waals surface area contributed by atoms with Crippen molar-refractivity contribution in [1.29, 1.82) is 0 Å². The molecular formula is C19H27ClN2O4. The number of likely N-dealkylation sites (tertiary alicyclic amines) is 1. The van der Waals surface area contributed by atoms with Crippen LogP contribution in [-0.2, 0) is 16.0 Å². The Morgan fingerprint density at radius 1 is 1.35 bits per heavy atom. The molecule has 1 heterocycles. The zero-order chi connectivity index (χ0) is 19.2. The van der Waals surface area contributed by atoms with E-state index in [0.717, 1.165) is 5.56 Å². The summed E-state index contributed by atoms with van der Waals surface area (Å²) in [5.74, 6) is -1.07. The standard InChI is InChI=1S/C19H27ClN2O4/c1-2-8-19(18(25)26)9-11-22(12-16(19)23)13-17(24)21-10-7-14-3-5-15(20)6-4-14/h3-6,16,23H,2,7-13H2,1H3,(H,21,24)(H,25,26)/t16-,19-/m0/s1. The van der Waals surface area contributed by atoms with Gasteiger partial charge in [0.1, 0.15) is 0 Å². The van der Waals surface area contributed by atoms with Crippen LogP contribution in [0.25, 0.3) is 0 Å². The van der Waals surface area contributed by atoms with E-state index < -0.39 is 17.5 Å². The maximum Gasteiger partial charge on any atom is 0.312 e. The predicted octanol–water partition coefficient (Wildman–Crippen LogP) is 1.94. The van der Waals surface area contributed by atoms with E-state index in [-0.39, 0.29) is 19.0 Å². The smallest absolute Gasteiger partial charge is 0.312 e. The SMILES string of the molecule is CCC[C@]1(C(=O)O)CCN(CC(=O)NCCc2ccc(Cl)cc2)C[C@@H]1O. The highest BCUT2D eigenvalue weighted by molar-refractivity contribution is 6.30. The summed E-state index contributed by atoms with van der Waals surface area (Å²) in [5, 5.41) is 23.5. The van der Waals surface area contributed by atoms with Crippen molar-refractivity contribution in [3.63, 3.8) is 0 Å². The zero-order valence-electron chi connectivity index (χ0n) is 15.1. The number of carboxylic acids is 1. The molecule has 0 unspecified atom stereocenters. The van der Waals surface area contributed by atoms with E-state index in [4.69, 9.17) is 11.6 Å². The second-order valence-electron chi connectivity index (χ2n) is 6.94. The average Bonchev–Trinajstić information content (AvgIpc) is 2.59. The molecule has 0 bridgehead atoms. The highest BCUT2D eigenvalue weighted by atomic mass is 35.5. The van der Waals surface area contributed by atoms with Crippen LogP contribution in [0.1, 0.15) is 31.7 Å². The molecule has 1 saturated heterocycles. The number of aliphatic hydroxyl groups is 1. The topological polar surface area (TPSA) is 89.9 Å². The van der Waals surface area contributed by atoms with Crippen LogP contribution in [0.2, 0.25) is 5.02 Å². The van der Waals surface area contributed by atoms with Crippen LogP contribution in [0.4, 0.5) is 0 Å². The summed E-state index contributed by atoms with van der Waals surface area (Å²) in [7, 11) is 0. The number of carbonyl (C=O) groups excluding carboxylic acids is 1. The summed E-state index contributed by atoms with van der Waals surface area (Å²) in [4.78, 5) is 25.6. The van der Waals surface area contributed by atoms with Gasteiger partial charge in [0, 0.05) is 18.1 Å². The van der Waals surface area contributed by atoms with Gasteiger partial charge in [0.25, 0.3) is 0 Å². The molecule has 0 saturated carbocycles. The summed E-state index contributed by atoms with van der Waals surface area (Å²) in [5.41, 5.74) is 0.00458. The third-order valence-corrected chi connectivity index (χ3v) is 5.33. The van der Waals surface area contributed by atoms with Crippen molar-refractivity contribution < 1.29 is 19.8 Å². The highest BCUT2D eigenvalue weighted by Gasteiger charge is 2.47. The molecule has 1 aromatic carbocycles. The summed E-state index contributed by atoms with van der Waals surface area (Å²) in [6.45, 7) is 3.30. The maximum atomic E-state index is 12.1. The number of aliphatic hydroxyl groups excluding tert-OH is 1. The number of nitrogens with one attached hydrogen (secondary N) is 1. The molecule has 0 aromatic heterocycles. The summed E-state index contributed by atoms with van der Waals surface area (Å²) >= 11 is 5.84. The first-order chi connectivity index (χ1) is 12.4. The van der Waals surface area contributed by atoms with Gasteiger partial charge < -0.3 is 15.5 Å². The molecule has 144 valence electrons. The molecule has 7 heteroatoms. The lowest BCUT2D eigenvalue weighted by Gasteiger charge is -2.42. The van der Waals surface area contributed by atoms with E-state index in [1.165, 1.54) is 0 Å². The Hall–Kier alpha value is -1.63. The first-order valence-electron chi connectivity index (χ1n) is 9.02. The summed E-state index contributed by atoms with van der Waals surface area (Å²) < 4.78 is 0. The van der Waals surface area contributed by atoms with Gasteiger partial charge in [-0.15, -0.1) is 0 Å². The molecule has 1 aliphatic heterocycles. The molecule has 0 radical (unpaired) electrons. The Kier molecular flexibility index (Phi) is 7.43. The number of aliphatic carboxylic acids is 1. The molecule has 0 spiro atoms. The maximum absolute atomic E-state index is 12.1. The van der Waals surface area contributed by atoms with Gasteiger partial charge in [-0.25, -0.2) is 0 Å². The third-order valence-electron chi connectivity index (χ3n) is 5.08. The second-order valence-corrected chi connectivity index (χ2v) is 7.38. The minimum atomic E-state index is -1.09. The van der Waals surface area contributed by atoms with E-state index in [0.29, 0.717) is 43.8 Å². The van der Waals surface area contributed by atoms with E-state index in [2.05, 4.69) is 5.32 Å². The first-order valence-corrected chi connectivity index (χ1v) is 9.40. The Morgan fingerprint density at radius 2 is 2.04 bits per heavy atom. The van der Waals surface area contributed by atoms with Gasteiger partial charge in [0.2, 0.25) is 5.91 Å². The van der Waals surface area contributed by atoms with Gasteiger partial charge in [0.15, 0.2) is 0 Å². The highest BCUT2D eigenvalue weighted by Crippen LogP contribution is 2.36. The van der Waals surface area contributed by atoms with Crippen LogP contribution >= 0.6 is 11.6 Å². The molecule has 0 aliphatic carbocycles. The van der Waals surface area contributed by atoms with Crippen LogP contribution in [0, 0.1) is 5.41 Å². The van der Waals surface area contributed by atoms with E-state index >= 15 is 0 Å². The monoisotopic (exact) mass is 382 g/mol. The zero-order valence-corrected chi connectivity index (χ0v) is 15.8. The molecular weight excluding hydrogens is 356 g/mol. The van der Waals surface area contributed by atoms with Gasteiger partial charge >= 0.3 is 5.97 Å². The van der Waals surface area contributed by atoms with Gasteiger partial charge in [-0.2, -0.15) is 0 Å². The fraction of sp³-hybridized carbons (Fsp3) is 0.579. The number of carboxylic acid groups (broad SMARTS) is 1. The molecule has 1 amide bonds. The van der Waals surface area contributed by atoms with Crippen molar-refractivity contribution >= 4 is 23.5 Å². The fourth-order valence-corrected chi connectivity index (χ4v) is 3.65. The Labute approximate surface area is 159 Å². The van der Waals surface area contributed by atoms with Crippen molar-refractivity contribution in [3.8, 4) is 0 Å². The molecule has 1 aromatic rings. The Bertz CT molecular complexity index is 622. The van der Waals surface area contributed by atoms with E-state index in [9.17, 15) is 19.8 Å². The molecule has 6 nitrogen and oxygen atoms in total. The second kappa shape index (κ2) is 9.35. The number of piperidine rings is 1. The van der Waals surface area contributed by atoms with Gasteiger partial charge in [-0.3, -0.25) is 14.5 Å². The fourth-order valence-electron chi connectivity index (χ4n) is 3.53. The summed E-state index contributed by atoms with van der Waals surface area (Å²) in [6, 6.07) is 7.49. The van der Waals surface area contributed by atoms with Crippen molar-refractivity contribution in [3.05, 3.63) is 34.9 Å². The Balaban J connectivity index is 1.78. The molecule has 26 heavy (non-hydrogen) atoms. The summed E-state index contributed by atoms with van der Waals surface area (Å²) in [6.07, 6.45) is 1.26. The number of amides is 1. The predicted molar refractivity (Wildman–Crippen MR) is 100 cm³/mol. The van der Waals surface area contributed by atoms with Crippen LogP contribution in [0.15, 0.2) is 24.3 Å². The Morgan fingerprint density at radius 3 is 2.62 bits per heavy atom. The number of nitrogens with zero attached hydrogens (tertiary/aromatic N) is 1. The quantitative estimate of drug-likeness (QED) is 0.639. The van der Waals surface area contributed by atoms with Gasteiger partial charge in [0.05, 0.1) is 18.1 Å². The van der Waals surface area contributed by atoms with Crippen LogP contribution < -0.4 is 5.32 Å². The average molecular weight is 383 g/mol. The van der Waals surface area contributed by atoms with Crippen LogP contribution in [0.3, 0.4) is 0 Å². The first kappa shape index (κ1) is 20.7. The lowest BCUT2D eigenvalue weighted by Crippen LogP contribution is -2.56. The van der Waals surface area contributed by atoms with Crippen LogP contribution in [-0.4, -0.2) is 59.3 Å². The number of rotatable bonds is 8. The largest absolute Gasteiger partial charge is 0.481 e. The normalized spacial score (nSPS) is 23.6. The van der Waals surface area contributed by atoms with Crippen molar-refractivity contribution in [2.45, 2.75) is 38.7 Å².